The zero-order valence-electron chi connectivity index (χ0n) is 13.8. The normalized spacial score (nSPS) is 16.1. The molecule has 0 spiro atoms. The van der Waals surface area contributed by atoms with Crippen molar-refractivity contribution >= 4 is 27.5 Å². The molecule has 5 heteroatoms. The Morgan fingerprint density at radius 3 is 2.76 bits per heavy atom. The monoisotopic (exact) mass is 398 g/mol. The minimum Gasteiger partial charge on any atom is -0.474 e. The van der Waals surface area contributed by atoms with Crippen LogP contribution in [0.3, 0.4) is 0 Å². The van der Waals surface area contributed by atoms with Crippen LogP contribution in [0.2, 0.25) is 0 Å². The molecule has 4 nitrogen and oxygen atoms in total. The van der Waals surface area contributed by atoms with Crippen molar-refractivity contribution in [1.29, 1.82) is 5.26 Å². The van der Waals surface area contributed by atoms with E-state index in [0.29, 0.717) is 23.4 Å². The Labute approximate surface area is 156 Å². The zero-order valence-corrected chi connectivity index (χ0v) is 15.4. The van der Waals surface area contributed by atoms with Crippen molar-refractivity contribution in [3.63, 3.8) is 0 Å². The molecular weight excluding hydrogens is 380 g/mol. The van der Waals surface area contributed by atoms with E-state index >= 15 is 0 Å². The molecule has 1 amide bonds. The predicted molar refractivity (Wildman–Crippen MR) is 101 cm³/mol. The Morgan fingerprint density at radius 2 is 1.96 bits per heavy atom. The van der Waals surface area contributed by atoms with Crippen molar-refractivity contribution in [3.05, 3.63) is 59.7 Å². The minimum atomic E-state index is -0.709. The van der Waals surface area contributed by atoms with Crippen LogP contribution in [-0.2, 0) is 4.79 Å². The Morgan fingerprint density at radius 1 is 1.12 bits per heavy atom. The summed E-state index contributed by atoms with van der Waals surface area (Å²) in [7, 11) is 0. The van der Waals surface area contributed by atoms with Crippen LogP contribution in [0.1, 0.15) is 36.5 Å². The molecule has 0 saturated carbocycles. The maximum Gasteiger partial charge on any atom is 0.272 e. The molecule has 2 aromatic rings. The number of halogens is 1. The van der Waals surface area contributed by atoms with Gasteiger partial charge < -0.3 is 9.64 Å². The van der Waals surface area contributed by atoms with Crippen molar-refractivity contribution in [2.24, 2.45) is 0 Å². The van der Waals surface area contributed by atoms with Gasteiger partial charge in [0, 0.05) is 17.4 Å². The number of para-hydroxylation sites is 2. The second-order valence-corrected chi connectivity index (χ2v) is 6.74. The van der Waals surface area contributed by atoms with Gasteiger partial charge >= 0.3 is 0 Å². The average Bonchev–Trinajstić information content (AvgIpc) is 2.66. The van der Waals surface area contributed by atoms with Gasteiger partial charge in [-0.15, -0.1) is 0 Å². The summed E-state index contributed by atoms with van der Waals surface area (Å²) in [5, 5.41) is 10.1. The van der Waals surface area contributed by atoms with E-state index < -0.39 is 6.10 Å². The smallest absolute Gasteiger partial charge is 0.272 e. The summed E-state index contributed by atoms with van der Waals surface area (Å²) in [5.41, 5.74) is 2.06. The highest BCUT2D eigenvalue weighted by molar-refractivity contribution is 9.09. The summed E-state index contributed by atoms with van der Waals surface area (Å²) < 4.78 is 5.98. The van der Waals surface area contributed by atoms with Crippen LogP contribution in [0.4, 0.5) is 5.69 Å². The lowest BCUT2D eigenvalue weighted by molar-refractivity contribution is -0.126. The topological polar surface area (TPSA) is 53.3 Å². The molecule has 0 aromatic heterocycles. The number of hydrogen-bond donors (Lipinski definition) is 0. The lowest BCUT2D eigenvalue weighted by atomic mass is 10.0. The Kier molecular flexibility index (Phi) is 5.72. The predicted octanol–water partition coefficient (Wildman–Crippen LogP) is 4.59. The van der Waals surface area contributed by atoms with E-state index in [9.17, 15) is 4.79 Å². The van der Waals surface area contributed by atoms with Crippen LogP contribution in [-0.4, -0.2) is 17.8 Å². The highest BCUT2D eigenvalue weighted by Crippen LogP contribution is 2.38. The molecule has 0 bridgehead atoms. The highest BCUT2D eigenvalue weighted by atomic mass is 79.9. The maximum atomic E-state index is 13.1. The SMILES string of the molecule is N#Cc1cccc(C2Oc3ccccc3N(CCCCCBr)C2=O)c1. The average molecular weight is 399 g/mol. The second kappa shape index (κ2) is 8.17. The molecule has 3 rings (SSSR count). The van der Waals surface area contributed by atoms with E-state index in [-0.39, 0.29) is 5.91 Å². The lowest BCUT2D eigenvalue weighted by Crippen LogP contribution is -2.41. The van der Waals surface area contributed by atoms with Gasteiger partial charge in [-0.2, -0.15) is 5.26 Å². The number of fused-ring (bicyclic) bond motifs is 1. The second-order valence-electron chi connectivity index (χ2n) is 5.94. The first kappa shape index (κ1) is 17.5. The van der Waals surface area contributed by atoms with Crippen LogP contribution < -0.4 is 9.64 Å². The van der Waals surface area contributed by atoms with Gasteiger partial charge in [0.25, 0.3) is 5.91 Å². The maximum absolute atomic E-state index is 13.1. The first-order chi connectivity index (χ1) is 12.2. The van der Waals surface area contributed by atoms with E-state index in [0.717, 1.165) is 30.3 Å². The number of nitrogens with zero attached hydrogens (tertiary/aromatic N) is 2. The van der Waals surface area contributed by atoms with Crippen LogP contribution in [0.5, 0.6) is 5.75 Å². The standard InChI is InChI=1S/C20H19BrN2O2/c21-11-4-1-5-12-23-17-9-2-3-10-18(17)25-19(20(23)24)16-8-6-7-15(13-16)14-22/h2-3,6-10,13,19H,1,4-5,11-12H2. The number of ether oxygens (including phenoxy) is 1. The van der Waals surface area contributed by atoms with Crippen molar-refractivity contribution in [1.82, 2.24) is 0 Å². The van der Waals surface area contributed by atoms with E-state index in [4.69, 9.17) is 10.00 Å². The van der Waals surface area contributed by atoms with Gasteiger partial charge in [0.1, 0.15) is 5.75 Å². The molecule has 1 aliphatic heterocycles. The van der Waals surface area contributed by atoms with Crippen LogP contribution >= 0.6 is 15.9 Å². The molecule has 1 aliphatic rings. The molecule has 128 valence electrons. The number of hydrogen-bond acceptors (Lipinski definition) is 3. The molecular formula is C20H19BrN2O2. The summed E-state index contributed by atoms with van der Waals surface area (Å²) in [4.78, 5) is 14.9. The van der Waals surface area contributed by atoms with E-state index in [1.807, 2.05) is 35.2 Å². The molecule has 0 saturated heterocycles. The summed E-state index contributed by atoms with van der Waals surface area (Å²) in [6, 6.07) is 16.8. The van der Waals surface area contributed by atoms with Gasteiger partial charge in [-0.05, 0) is 37.1 Å². The van der Waals surface area contributed by atoms with Gasteiger partial charge in [0.15, 0.2) is 0 Å². The third-order valence-corrected chi connectivity index (χ3v) is 4.79. The summed E-state index contributed by atoms with van der Waals surface area (Å²) >= 11 is 3.44. The number of benzene rings is 2. The number of carbonyl (C=O) groups is 1. The van der Waals surface area contributed by atoms with Crippen molar-refractivity contribution in [3.8, 4) is 11.8 Å². The quantitative estimate of drug-likeness (QED) is 0.527. The molecule has 1 atom stereocenters. The minimum absolute atomic E-state index is 0.0763. The third-order valence-electron chi connectivity index (χ3n) is 4.23. The Hall–Kier alpha value is -2.32. The van der Waals surface area contributed by atoms with Crippen molar-refractivity contribution in [2.45, 2.75) is 25.4 Å². The number of anilines is 1. The number of alkyl halides is 1. The molecule has 1 heterocycles. The number of rotatable bonds is 6. The molecule has 0 radical (unpaired) electrons. The first-order valence-corrected chi connectivity index (χ1v) is 9.50. The van der Waals surface area contributed by atoms with Gasteiger partial charge in [-0.1, -0.05) is 46.6 Å². The third kappa shape index (κ3) is 3.85. The number of carbonyl (C=O) groups excluding carboxylic acids is 1. The fraction of sp³-hybridized carbons (Fsp3) is 0.300. The summed E-state index contributed by atoms with van der Waals surface area (Å²) in [6.45, 7) is 0.667. The first-order valence-electron chi connectivity index (χ1n) is 8.37. The number of unbranched alkanes of at least 4 members (excludes halogenated alkanes) is 2. The van der Waals surface area contributed by atoms with Crippen molar-refractivity contribution in [2.75, 3.05) is 16.8 Å². The van der Waals surface area contributed by atoms with E-state index in [1.165, 1.54) is 0 Å². The van der Waals surface area contributed by atoms with Crippen molar-refractivity contribution < 1.29 is 9.53 Å². The molecule has 0 aliphatic carbocycles. The number of nitriles is 1. The summed E-state index contributed by atoms with van der Waals surface area (Å²) in [6.07, 6.45) is 2.39. The number of amides is 1. The van der Waals surface area contributed by atoms with Crippen LogP contribution in [0.25, 0.3) is 0 Å². The lowest BCUT2D eigenvalue weighted by Gasteiger charge is -2.34. The molecule has 0 N–H and O–H groups in total. The van der Waals surface area contributed by atoms with E-state index in [1.54, 1.807) is 18.2 Å². The zero-order chi connectivity index (χ0) is 17.6. The van der Waals surface area contributed by atoms with E-state index in [2.05, 4.69) is 22.0 Å². The fourth-order valence-corrected chi connectivity index (χ4v) is 3.37. The Bertz CT molecular complexity index is 800. The molecule has 1 unspecified atom stereocenters. The van der Waals surface area contributed by atoms with Gasteiger partial charge in [0.05, 0.1) is 17.3 Å². The largest absolute Gasteiger partial charge is 0.474 e. The van der Waals surface area contributed by atoms with Crippen LogP contribution in [0.15, 0.2) is 48.5 Å². The highest BCUT2D eigenvalue weighted by Gasteiger charge is 2.35. The Balaban J connectivity index is 1.89. The molecule has 2 aromatic carbocycles. The van der Waals surface area contributed by atoms with Crippen LogP contribution in [0, 0.1) is 11.3 Å². The van der Waals surface area contributed by atoms with Gasteiger partial charge in [-0.3, -0.25) is 4.79 Å². The van der Waals surface area contributed by atoms with Gasteiger partial charge in [-0.25, -0.2) is 0 Å². The molecule has 0 fully saturated rings. The summed E-state index contributed by atoms with van der Waals surface area (Å²) in [5.74, 6) is 0.627. The fourth-order valence-electron chi connectivity index (χ4n) is 2.97. The van der Waals surface area contributed by atoms with Gasteiger partial charge in [0.2, 0.25) is 6.10 Å². The molecule has 25 heavy (non-hydrogen) atoms.